The summed E-state index contributed by atoms with van der Waals surface area (Å²) in [6.45, 7) is 4.04. The average Bonchev–Trinajstić information content (AvgIpc) is 3.19. The van der Waals surface area contributed by atoms with E-state index in [1.807, 2.05) is 33.0 Å². The van der Waals surface area contributed by atoms with E-state index in [1.54, 1.807) is 24.1 Å². The number of aryl methyl sites for hydroxylation is 4. The van der Waals surface area contributed by atoms with E-state index >= 15 is 0 Å². The number of hydrogen-bond donors (Lipinski definition) is 1. The van der Waals surface area contributed by atoms with Crippen LogP contribution in [-0.4, -0.2) is 30.2 Å². The van der Waals surface area contributed by atoms with Gasteiger partial charge in [-0.2, -0.15) is 5.10 Å². The van der Waals surface area contributed by atoms with Gasteiger partial charge in [0, 0.05) is 61.3 Å². The summed E-state index contributed by atoms with van der Waals surface area (Å²) in [5.74, 6) is 0.538. The van der Waals surface area contributed by atoms with Crippen molar-refractivity contribution >= 4 is 16.8 Å². The molecule has 3 heterocycles. The number of aromatic nitrogens is 5. The van der Waals surface area contributed by atoms with E-state index in [0.29, 0.717) is 23.6 Å². The molecule has 0 aliphatic rings. The lowest BCUT2D eigenvalue weighted by molar-refractivity contribution is 0.0950. The monoisotopic (exact) mass is 374 g/mol. The zero-order valence-electron chi connectivity index (χ0n) is 16.4. The van der Waals surface area contributed by atoms with E-state index in [4.69, 9.17) is 0 Å². The van der Waals surface area contributed by atoms with Crippen LogP contribution < -0.4 is 5.32 Å². The van der Waals surface area contributed by atoms with Crippen LogP contribution in [0.3, 0.4) is 0 Å². The Morgan fingerprint density at radius 1 is 1.14 bits per heavy atom. The number of hydrogen-bond acceptors (Lipinski definition) is 4. The lowest BCUT2D eigenvalue weighted by Crippen LogP contribution is -2.23. The minimum Gasteiger partial charge on any atom is -0.350 e. The van der Waals surface area contributed by atoms with Crippen molar-refractivity contribution in [1.29, 1.82) is 0 Å². The fourth-order valence-electron chi connectivity index (χ4n) is 3.48. The second-order valence-electron chi connectivity index (χ2n) is 6.95. The molecule has 0 saturated heterocycles. The maximum absolute atomic E-state index is 12.6. The minimum atomic E-state index is -0.157. The molecule has 0 saturated carbocycles. The zero-order valence-corrected chi connectivity index (χ0v) is 16.4. The SMILES string of the molecule is Cc1ncc(CNC(=O)c2cn(C)nc2C)c(-c2cn(C)c3ccccc23)n1. The van der Waals surface area contributed by atoms with Crippen molar-refractivity contribution < 1.29 is 4.79 Å². The maximum atomic E-state index is 12.6. The molecule has 0 aliphatic heterocycles. The van der Waals surface area contributed by atoms with Gasteiger partial charge in [0.2, 0.25) is 0 Å². The molecule has 1 N–H and O–H groups in total. The molecule has 1 amide bonds. The third-order valence-electron chi connectivity index (χ3n) is 4.83. The first-order chi connectivity index (χ1) is 13.4. The Bertz CT molecular complexity index is 1190. The van der Waals surface area contributed by atoms with Crippen molar-refractivity contribution in [3.8, 4) is 11.3 Å². The van der Waals surface area contributed by atoms with Gasteiger partial charge in [0.05, 0.1) is 17.0 Å². The molecule has 0 atom stereocenters. The minimum absolute atomic E-state index is 0.157. The molecular weight excluding hydrogens is 352 g/mol. The molecule has 28 heavy (non-hydrogen) atoms. The van der Waals surface area contributed by atoms with Crippen molar-refractivity contribution in [3.63, 3.8) is 0 Å². The van der Waals surface area contributed by atoms with Gasteiger partial charge in [-0.3, -0.25) is 9.48 Å². The van der Waals surface area contributed by atoms with Crippen molar-refractivity contribution in [2.45, 2.75) is 20.4 Å². The van der Waals surface area contributed by atoms with Gasteiger partial charge in [-0.05, 0) is 19.9 Å². The molecule has 7 heteroatoms. The summed E-state index contributed by atoms with van der Waals surface area (Å²) >= 11 is 0. The fourth-order valence-corrected chi connectivity index (χ4v) is 3.48. The normalized spacial score (nSPS) is 11.1. The number of amides is 1. The summed E-state index contributed by atoms with van der Waals surface area (Å²) in [5.41, 5.74) is 5.15. The van der Waals surface area contributed by atoms with Crippen LogP contribution in [0, 0.1) is 13.8 Å². The zero-order chi connectivity index (χ0) is 19.8. The van der Waals surface area contributed by atoms with Crippen LogP contribution in [0.25, 0.3) is 22.2 Å². The van der Waals surface area contributed by atoms with Gasteiger partial charge in [0.15, 0.2) is 0 Å². The fraction of sp³-hybridized carbons (Fsp3) is 0.238. The van der Waals surface area contributed by atoms with Crippen LogP contribution in [0.4, 0.5) is 0 Å². The summed E-state index contributed by atoms with van der Waals surface area (Å²) in [6, 6.07) is 8.21. The summed E-state index contributed by atoms with van der Waals surface area (Å²) < 4.78 is 3.73. The molecule has 0 aliphatic carbocycles. The molecule has 0 spiro atoms. The number of carbonyl (C=O) groups is 1. The van der Waals surface area contributed by atoms with Gasteiger partial charge in [-0.15, -0.1) is 0 Å². The Balaban J connectivity index is 1.69. The van der Waals surface area contributed by atoms with E-state index < -0.39 is 0 Å². The van der Waals surface area contributed by atoms with Crippen molar-refractivity contribution in [1.82, 2.24) is 29.6 Å². The highest BCUT2D eigenvalue weighted by molar-refractivity contribution is 5.96. The smallest absolute Gasteiger partial charge is 0.255 e. The van der Waals surface area contributed by atoms with Gasteiger partial charge >= 0.3 is 0 Å². The highest BCUT2D eigenvalue weighted by Crippen LogP contribution is 2.31. The number of fused-ring (bicyclic) bond motifs is 1. The number of rotatable bonds is 4. The van der Waals surface area contributed by atoms with Crippen molar-refractivity contribution in [2.75, 3.05) is 0 Å². The van der Waals surface area contributed by atoms with Crippen LogP contribution >= 0.6 is 0 Å². The molecule has 4 rings (SSSR count). The number of carbonyl (C=O) groups excluding carboxylic acids is 1. The van der Waals surface area contributed by atoms with E-state index in [9.17, 15) is 4.79 Å². The Morgan fingerprint density at radius 2 is 1.93 bits per heavy atom. The summed E-state index contributed by atoms with van der Waals surface area (Å²) in [5, 5.41) is 8.33. The predicted octanol–water partition coefficient (Wildman–Crippen LogP) is 2.92. The van der Waals surface area contributed by atoms with Gasteiger partial charge in [0.1, 0.15) is 5.82 Å². The average molecular weight is 374 g/mol. The van der Waals surface area contributed by atoms with E-state index in [-0.39, 0.29) is 5.91 Å². The van der Waals surface area contributed by atoms with Gasteiger partial charge in [-0.1, -0.05) is 18.2 Å². The quantitative estimate of drug-likeness (QED) is 0.596. The van der Waals surface area contributed by atoms with Crippen LogP contribution in [0.2, 0.25) is 0 Å². The molecule has 3 aromatic heterocycles. The third kappa shape index (κ3) is 3.15. The molecule has 0 bridgehead atoms. The van der Waals surface area contributed by atoms with E-state index in [0.717, 1.165) is 27.7 Å². The van der Waals surface area contributed by atoms with E-state index in [2.05, 4.69) is 43.3 Å². The summed E-state index contributed by atoms with van der Waals surface area (Å²) in [7, 11) is 3.82. The maximum Gasteiger partial charge on any atom is 0.255 e. The number of benzene rings is 1. The van der Waals surface area contributed by atoms with Crippen LogP contribution in [0.1, 0.15) is 27.4 Å². The second-order valence-corrected chi connectivity index (χ2v) is 6.95. The van der Waals surface area contributed by atoms with Gasteiger partial charge in [0.25, 0.3) is 5.91 Å². The van der Waals surface area contributed by atoms with E-state index in [1.165, 1.54) is 0 Å². The molecule has 0 fully saturated rings. The standard InChI is InChI=1S/C21H22N6O/c1-13-17(12-27(4)25-13)21(28)23-10-15-9-22-14(2)24-20(15)18-11-26(3)19-8-6-5-7-16(18)19/h5-9,11-12H,10H2,1-4H3,(H,23,28). The second kappa shape index (κ2) is 6.92. The predicted molar refractivity (Wildman–Crippen MR) is 108 cm³/mol. The first-order valence-electron chi connectivity index (χ1n) is 9.09. The largest absolute Gasteiger partial charge is 0.350 e. The Labute approximate surface area is 163 Å². The molecule has 0 unspecified atom stereocenters. The van der Waals surface area contributed by atoms with Crippen LogP contribution in [-0.2, 0) is 20.6 Å². The molecule has 1 aromatic carbocycles. The van der Waals surface area contributed by atoms with Gasteiger partial charge < -0.3 is 9.88 Å². The topological polar surface area (TPSA) is 77.6 Å². The lowest BCUT2D eigenvalue weighted by atomic mass is 10.1. The summed E-state index contributed by atoms with van der Waals surface area (Å²) in [4.78, 5) is 21.6. The van der Waals surface area contributed by atoms with Crippen LogP contribution in [0.15, 0.2) is 42.9 Å². The number of nitrogens with one attached hydrogen (secondary N) is 1. The number of para-hydroxylation sites is 1. The van der Waals surface area contributed by atoms with Crippen LogP contribution in [0.5, 0.6) is 0 Å². The molecule has 4 aromatic rings. The Hall–Kier alpha value is -3.48. The summed E-state index contributed by atoms with van der Waals surface area (Å²) in [6.07, 6.45) is 5.58. The first-order valence-corrected chi connectivity index (χ1v) is 9.09. The van der Waals surface area contributed by atoms with Crippen molar-refractivity contribution in [3.05, 3.63) is 65.5 Å². The highest BCUT2D eigenvalue weighted by Gasteiger charge is 2.17. The molecule has 142 valence electrons. The highest BCUT2D eigenvalue weighted by atomic mass is 16.1. The number of nitrogens with zero attached hydrogens (tertiary/aromatic N) is 5. The third-order valence-corrected chi connectivity index (χ3v) is 4.83. The lowest BCUT2D eigenvalue weighted by Gasteiger charge is -2.10. The first kappa shape index (κ1) is 17.9. The Morgan fingerprint density at radius 3 is 2.68 bits per heavy atom. The van der Waals surface area contributed by atoms with Crippen molar-refractivity contribution in [2.24, 2.45) is 14.1 Å². The molecule has 7 nitrogen and oxygen atoms in total. The molecular formula is C21H22N6O. The van der Waals surface area contributed by atoms with Gasteiger partial charge in [-0.25, -0.2) is 9.97 Å². The molecule has 0 radical (unpaired) electrons. The Kier molecular flexibility index (Phi) is 4.43.